The number of hydrogen-bond donors (Lipinski definition) is 3. The number of urea groups is 1. The van der Waals surface area contributed by atoms with Crippen molar-refractivity contribution in [2.45, 2.75) is 38.1 Å². The summed E-state index contributed by atoms with van der Waals surface area (Å²) in [5, 5.41) is 19.2. The molecule has 0 bridgehead atoms. The van der Waals surface area contributed by atoms with Gasteiger partial charge in [-0.1, -0.05) is 43.5 Å². The number of fused-ring (bicyclic) bond motifs is 1. The Bertz CT molecular complexity index is 1150. The zero-order valence-corrected chi connectivity index (χ0v) is 18.9. The molecule has 1 heterocycles. The minimum Gasteiger partial charge on any atom is -0.494 e. The molecule has 0 atom stereocenters. The van der Waals surface area contributed by atoms with Gasteiger partial charge in [-0.3, -0.25) is 4.98 Å². The first kappa shape index (κ1) is 22.4. The minimum atomic E-state index is -0.112. The lowest BCUT2D eigenvalue weighted by molar-refractivity contribution is 0.233. The van der Waals surface area contributed by atoms with E-state index in [1.807, 2.05) is 30.3 Å². The molecule has 7 heteroatoms. The highest BCUT2D eigenvalue weighted by Crippen LogP contribution is 2.36. The van der Waals surface area contributed by atoms with Crippen molar-refractivity contribution in [3.05, 3.63) is 54.2 Å². The molecule has 33 heavy (non-hydrogen) atoms. The molecule has 1 saturated carbocycles. The molecule has 1 aromatic heterocycles. The average molecular weight is 444 g/mol. The van der Waals surface area contributed by atoms with Gasteiger partial charge in [-0.15, -0.1) is 0 Å². The number of benzene rings is 2. The number of nitrogens with one attached hydrogen (secondary N) is 3. The van der Waals surface area contributed by atoms with Crippen LogP contribution < -0.4 is 20.7 Å². The summed E-state index contributed by atoms with van der Waals surface area (Å²) in [4.78, 5) is 16.8. The number of nitrogens with zero attached hydrogens (tertiary/aromatic N) is 2. The largest absolute Gasteiger partial charge is 0.494 e. The Hall–Kier alpha value is -3.79. The molecule has 4 rings (SSSR count). The van der Waals surface area contributed by atoms with E-state index in [1.54, 1.807) is 25.4 Å². The zero-order valence-electron chi connectivity index (χ0n) is 18.9. The maximum Gasteiger partial charge on any atom is 0.315 e. The van der Waals surface area contributed by atoms with Crippen molar-refractivity contribution in [1.82, 2.24) is 15.6 Å². The number of carbonyl (C=O) groups excluding carboxylic acids is 1. The van der Waals surface area contributed by atoms with Crippen molar-refractivity contribution in [3.63, 3.8) is 0 Å². The van der Waals surface area contributed by atoms with Crippen molar-refractivity contribution >= 4 is 22.6 Å². The number of para-hydroxylation sites is 1. The van der Waals surface area contributed by atoms with Crippen LogP contribution in [0.4, 0.5) is 10.5 Å². The normalized spacial score (nSPS) is 13.8. The van der Waals surface area contributed by atoms with Gasteiger partial charge in [-0.05, 0) is 36.6 Å². The molecule has 2 aromatic carbocycles. The summed E-state index contributed by atoms with van der Waals surface area (Å²) < 4.78 is 5.72. The molecule has 0 aliphatic heterocycles. The van der Waals surface area contributed by atoms with Crippen LogP contribution in [0.3, 0.4) is 0 Å². The van der Waals surface area contributed by atoms with Crippen molar-refractivity contribution in [3.8, 4) is 22.9 Å². The third-order valence-corrected chi connectivity index (χ3v) is 6.04. The van der Waals surface area contributed by atoms with Crippen LogP contribution in [0.25, 0.3) is 22.0 Å². The topological polar surface area (TPSA) is 99.1 Å². The summed E-state index contributed by atoms with van der Waals surface area (Å²) in [7, 11) is 1.64. The van der Waals surface area contributed by atoms with Crippen molar-refractivity contribution in [2.75, 3.05) is 25.5 Å². The number of anilines is 1. The number of nitriles is 1. The third-order valence-electron chi connectivity index (χ3n) is 6.04. The van der Waals surface area contributed by atoms with Crippen LogP contribution in [0.5, 0.6) is 5.75 Å². The Morgan fingerprint density at radius 2 is 1.91 bits per heavy atom. The predicted molar refractivity (Wildman–Crippen MR) is 130 cm³/mol. The Kier molecular flexibility index (Phi) is 7.26. The van der Waals surface area contributed by atoms with E-state index < -0.39 is 0 Å². The van der Waals surface area contributed by atoms with Crippen molar-refractivity contribution < 1.29 is 9.53 Å². The van der Waals surface area contributed by atoms with Gasteiger partial charge in [-0.25, -0.2) is 4.79 Å². The first-order valence-corrected chi connectivity index (χ1v) is 11.4. The smallest absolute Gasteiger partial charge is 0.315 e. The lowest BCUT2D eigenvalue weighted by Gasteiger charge is -2.23. The van der Waals surface area contributed by atoms with Gasteiger partial charge in [0.15, 0.2) is 5.75 Å². The van der Waals surface area contributed by atoms with Crippen molar-refractivity contribution in [2.24, 2.45) is 0 Å². The highest BCUT2D eigenvalue weighted by Gasteiger charge is 2.16. The fraction of sp³-hybridized carbons (Fsp3) is 0.346. The molecule has 3 N–H and O–H groups in total. The van der Waals surface area contributed by atoms with Crippen LogP contribution in [0, 0.1) is 11.3 Å². The molecular weight excluding hydrogens is 414 g/mol. The molecule has 3 aromatic rings. The summed E-state index contributed by atoms with van der Waals surface area (Å²) in [5.74, 6) is 0.710. The Labute approximate surface area is 194 Å². The Balaban J connectivity index is 1.43. The second-order valence-corrected chi connectivity index (χ2v) is 8.26. The predicted octanol–water partition coefficient (Wildman–Crippen LogP) is 4.83. The summed E-state index contributed by atoms with van der Waals surface area (Å²) in [5.41, 5.74) is 4.19. The maximum atomic E-state index is 12.1. The number of hydrogen-bond acceptors (Lipinski definition) is 5. The molecule has 7 nitrogen and oxygen atoms in total. The van der Waals surface area contributed by atoms with Gasteiger partial charge in [0, 0.05) is 30.1 Å². The van der Waals surface area contributed by atoms with Crippen LogP contribution in [0.1, 0.15) is 37.7 Å². The van der Waals surface area contributed by atoms with Crippen LogP contribution in [-0.4, -0.2) is 37.3 Å². The maximum absolute atomic E-state index is 12.1. The van der Waals surface area contributed by atoms with Gasteiger partial charge in [0.2, 0.25) is 0 Å². The van der Waals surface area contributed by atoms with Gasteiger partial charge in [0.05, 0.1) is 36.1 Å². The average Bonchev–Trinajstić information content (AvgIpc) is 2.86. The molecular formula is C26H29N5O2. The summed E-state index contributed by atoms with van der Waals surface area (Å²) in [6.45, 7) is 1.04. The highest BCUT2D eigenvalue weighted by molar-refractivity contribution is 5.99. The van der Waals surface area contributed by atoms with Gasteiger partial charge in [0.1, 0.15) is 0 Å². The molecule has 1 aliphatic rings. The molecule has 1 fully saturated rings. The standard InChI is InChI=1S/C26H29N5O2/c1-33-25-22-9-5-8-21(19-12-10-18(16-27)11-13-19)24(22)30-17-23(25)28-14-15-29-26(32)31-20-6-3-2-4-7-20/h5,8-13,17,20,28H,2-4,6-7,14-15H2,1H3,(H2,29,31,32). The lowest BCUT2D eigenvalue weighted by Crippen LogP contribution is -2.44. The van der Waals surface area contributed by atoms with E-state index in [2.05, 4.69) is 22.0 Å². The van der Waals surface area contributed by atoms with E-state index in [-0.39, 0.29) is 6.03 Å². The first-order chi connectivity index (χ1) is 16.2. The van der Waals surface area contributed by atoms with Gasteiger partial charge >= 0.3 is 6.03 Å². The fourth-order valence-electron chi connectivity index (χ4n) is 4.36. The van der Waals surface area contributed by atoms with Crippen LogP contribution in [0.2, 0.25) is 0 Å². The molecule has 0 unspecified atom stereocenters. The van der Waals surface area contributed by atoms with E-state index >= 15 is 0 Å². The second kappa shape index (κ2) is 10.7. The Morgan fingerprint density at radius 3 is 2.64 bits per heavy atom. The lowest BCUT2D eigenvalue weighted by atomic mass is 9.96. The zero-order chi connectivity index (χ0) is 23.0. The van der Waals surface area contributed by atoms with Crippen LogP contribution >= 0.6 is 0 Å². The van der Waals surface area contributed by atoms with Crippen LogP contribution in [0.15, 0.2) is 48.7 Å². The van der Waals surface area contributed by atoms with E-state index in [0.717, 1.165) is 40.6 Å². The number of aromatic nitrogens is 1. The molecule has 170 valence electrons. The summed E-state index contributed by atoms with van der Waals surface area (Å²) in [6.07, 6.45) is 7.53. The Morgan fingerprint density at radius 1 is 1.12 bits per heavy atom. The highest BCUT2D eigenvalue weighted by atomic mass is 16.5. The minimum absolute atomic E-state index is 0.112. The van der Waals surface area contributed by atoms with E-state index in [9.17, 15) is 4.79 Å². The molecule has 2 amide bonds. The number of pyridine rings is 1. The van der Waals surface area contributed by atoms with Gasteiger partial charge in [0.25, 0.3) is 0 Å². The van der Waals surface area contributed by atoms with Crippen LogP contribution in [-0.2, 0) is 0 Å². The third kappa shape index (κ3) is 5.35. The molecule has 0 radical (unpaired) electrons. The van der Waals surface area contributed by atoms with E-state index in [1.165, 1.54) is 19.3 Å². The fourth-order valence-corrected chi connectivity index (χ4v) is 4.36. The van der Waals surface area contributed by atoms with Crippen molar-refractivity contribution in [1.29, 1.82) is 5.26 Å². The second-order valence-electron chi connectivity index (χ2n) is 8.26. The number of ether oxygens (including phenoxy) is 1. The number of methoxy groups -OCH3 is 1. The summed E-state index contributed by atoms with van der Waals surface area (Å²) >= 11 is 0. The molecule has 1 aliphatic carbocycles. The molecule has 0 spiro atoms. The van der Waals surface area contributed by atoms with E-state index in [0.29, 0.717) is 30.4 Å². The molecule has 0 saturated heterocycles. The van der Waals surface area contributed by atoms with E-state index in [4.69, 9.17) is 15.0 Å². The quantitative estimate of drug-likeness (QED) is 0.455. The number of amides is 2. The van der Waals surface area contributed by atoms with Gasteiger partial charge in [-0.2, -0.15) is 5.26 Å². The van der Waals surface area contributed by atoms with Gasteiger partial charge < -0.3 is 20.7 Å². The monoisotopic (exact) mass is 443 g/mol. The number of rotatable bonds is 7. The first-order valence-electron chi connectivity index (χ1n) is 11.4. The SMILES string of the molecule is COc1c(NCCNC(=O)NC2CCCCC2)cnc2c(-c3ccc(C#N)cc3)cccc12. The summed E-state index contributed by atoms with van der Waals surface area (Å²) in [6, 6.07) is 15.8. The number of carbonyl (C=O) groups is 1.